The van der Waals surface area contributed by atoms with E-state index in [2.05, 4.69) is 30.3 Å². The lowest BCUT2D eigenvalue weighted by Crippen LogP contribution is -1.89. The van der Waals surface area contributed by atoms with Crippen molar-refractivity contribution in [1.29, 1.82) is 0 Å². The SMILES string of the molecule is c1ccc(Oc2ccc(-c3noc([C@@H]4C[C@H]4c4ncn[nH]4)n3)cn2)cc1. The van der Waals surface area contributed by atoms with Crippen LogP contribution in [0.4, 0.5) is 0 Å². The Balaban J connectivity index is 1.29. The van der Waals surface area contributed by atoms with Gasteiger partial charge in [0.15, 0.2) is 0 Å². The van der Waals surface area contributed by atoms with Gasteiger partial charge in [0.05, 0.1) is 0 Å². The van der Waals surface area contributed by atoms with E-state index in [1.54, 1.807) is 12.3 Å². The maximum Gasteiger partial charge on any atom is 0.230 e. The van der Waals surface area contributed by atoms with Crippen molar-refractivity contribution in [1.82, 2.24) is 30.3 Å². The molecule has 0 aliphatic heterocycles. The fraction of sp³-hybridized carbons (Fsp3) is 0.167. The van der Waals surface area contributed by atoms with Crippen LogP contribution in [0, 0.1) is 0 Å². The highest BCUT2D eigenvalue weighted by Crippen LogP contribution is 2.53. The highest BCUT2D eigenvalue weighted by Gasteiger charge is 2.45. The smallest absolute Gasteiger partial charge is 0.230 e. The summed E-state index contributed by atoms with van der Waals surface area (Å²) in [4.78, 5) is 13.0. The summed E-state index contributed by atoms with van der Waals surface area (Å²) in [5.41, 5.74) is 0.775. The van der Waals surface area contributed by atoms with Crippen LogP contribution in [0.3, 0.4) is 0 Å². The molecular formula is C18H14N6O2. The van der Waals surface area contributed by atoms with E-state index >= 15 is 0 Å². The highest BCUT2D eigenvalue weighted by atomic mass is 16.5. The lowest BCUT2D eigenvalue weighted by Gasteiger charge is -2.04. The highest BCUT2D eigenvalue weighted by molar-refractivity contribution is 5.53. The van der Waals surface area contributed by atoms with E-state index in [0.717, 1.165) is 23.6 Å². The Kier molecular flexibility index (Phi) is 3.45. The summed E-state index contributed by atoms with van der Waals surface area (Å²) in [6, 6.07) is 13.2. The molecule has 1 saturated carbocycles. The predicted octanol–water partition coefficient (Wildman–Crippen LogP) is 3.31. The van der Waals surface area contributed by atoms with Crippen molar-refractivity contribution in [2.45, 2.75) is 18.3 Å². The van der Waals surface area contributed by atoms with E-state index in [9.17, 15) is 0 Å². The van der Waals surface area contributed by atoms with Gasteiger partial charge >= 0.3 is 0 Å². The Labute approximate surface area is 148 Å². The van der Waals surface area contributed by atoms with E-state index < -0.39 is 0 Å². The number of nitrogens with zero attached hydrogens (tertiary/aromatic N) is 5. The van der Waals surface area contributed by atoms with Crippen LogP contribution in [0.5, 0.6) is 11.6 Å². The van der Waals surface area contributed by atoms with E-state index in [1.807, 2.05) is 36.4 Å². The monoisotopic (exact) mass is 346 g/mol. The Morgan fingerprint density at radius 1 is 1.04 bits per heavy atom. The zero-order chi connectivity index (χ0) is 17.3. The predicted molar refractivity (Wildman–Crippen MR) is 90.5 cm³/mol. The molecule has 128 valence electrons. The van der Waals surface area contributed by atoms with Crippen molar-refractivity contribution in [3.05, 3.63) is 66.7 Å². The average molecular weight is 346 g/mol. The van der Waals surface area contributed by atoms with Gasteiger partial charge in [-0.15, -0.1) is 0 Å². The fourth-order valence-electron chi connectivity index (χ4n) is 2.85. The second-order valence-corrected chi connectivity index (χ2v) is 6.08. The Bertz CT molecular complexity index is 998. The molecule has 5 rings (SSSR count). The molecule has 1 aliphatic rings. The number of para-hydroxylation sites is 1. The molecule has 8 heteroatoms. The van der Waals surface area contributed by atoms with E-state index in [4.69, 9.17) is 9.26 Å². The van der Waals surface area contributed by atoms with E-state index in [1.165, 1.54) is 6.33 Å². The third kappa shape index (κ3) is 2.81. The molecule has 0 spiro atoms. The van der Waals surface area contributed by atoms with Crippen molar-refractivity contribution < 1.29 is 9.26 Å². The van der Waals surface area contributed by atoms with Crippen LogP contribution >= 0.6 is 0 Å². The van der Waals surface area contributed by atoms with E-state index in [-0.39, 0.29) is 11.8 Å². The number of H-pyrrole nitrogens is 1. The van der Waals surface area contributed by atoms with Crippen LogP contribution in [0.1, 0.15) is 30.0 Å². The summed E-state index contributed by atoms with van der Waals surface area (Å²) in [6.45, 7) is 0. The first kappa shape index (κ1) is 14.8. The molecular weight excluding hydrogens is 332 g/mol. The number of ether oxygens (including phenoxy) is 1. The van der Waals surface area contributed by atoms with Gasteiger partial charge in [0.1, 0.15) is 17.9 Å². The number of aromatic nitrogens is 6. The van der Waals surface area contributed by atoms with Gasteiger partial charge in [0.2, 0.25) is 17.6 Å². The number of nitrogens with one attached hydrogen (secondary N) is 1. The number of aromatic amines is 1. The van der Waals surface area contributed by atoms with Gasteiger partial charge < -0.3 is 9.26 Å². The summed E-state index contributed by atoms with van der Waals surface area (Å²) < 4.78 is 11.1. The first-order valence-corrected chi connectivity index (χ1v) is 8.25. The number of rotatable bonds is 5. The van der Waals surface area contributed by atoms with Crippen molar-refractivity contribution in [2.75, 3.05) is 0 Å². The summed E-state index contributed by atoms with van der Waals surface area (Å²) in [6.07, 6.45) is 4.11. The maximum atomic E-state index is 5.69. The molecule has 1 aliphatic carbocycles. The zero-order valence-corrected chi connectivity index (χ0v) is 13.6. The zero-order valence-electron chi connectivity index (χ0n) is 13.6. The molecule has 0 unspecified atom stereocenters. The van der Waals surface area contributed by atoms with E-state index in [0.29, 0.717) is 17.6 Å². The van der Waals surface area contributed by atoms with Crippen LogP contribution in [0.25, 0.3) is 11.4 Å². The minimum absolute atomic E-state index is 0.192. The largest absolute Gasteiger partial charge is 0.439 e. The molecule has 1 fully saturated rings. The standard InChI is InChI=1S/C18H14N6O2/c1-2-4-12(5-3-1)25-15-7-6-11(9-19-15)16-22-18(26-24-16)14-8-13(14)17-20-10-21-23-17/h1-7,9-10,13-14H,8H2,(H,20,21,23)/t13-,14-/m1/s1. The van der Waals surface area contributed by atoms with Gasteiger partial charge in [0, 0.05) is 29.7 Å². The van der Waals surface area contributed by atoms with Crippen LogP contribution in [-0.2, 0) is 0 Å². The van der Waals surface area contributed by atoms with Gasteiger partial charge in [0.25, 0.3) is 0 Å². The van der Waals surface area contributed by atoms with Gasteiger partial charge in [-0.05, 0) is 24.6 Å². The van der Waals surface area contributed by atoms with Crippen LogP contribution < -0.4 is 4.74 Å². The second-order valence-electron chi connectivity index (χ2n) is 6.08. The lowest BCUT2D eigenvalue weighted by molar-refractivity contribution is 0.378. The normalized spacial score (nSPS) is 18.6. The molecule has 0 saturated heterocycles. The van der Waals surface area contributed by atoms with Crippen molar-refractivity contribution >= 4 is 0 Å². The summed E-state index contributed by atoms with van der Waals surface area (Å²) in [7, 11) is 0. The number of benzene rings is 1. The first-order chi connectivity index (χ1) is 12.9. The molecule has 26 heavy (non-hydrogen) atoms. The van der Waals surface area contributed by atoms with Crippen molar-refractivity contribution in [2.24, 2.45) is 0 Å². The maximum absolute atomic E-state index is 5.69. The molecule has 0 amide bonds. The van der Waals surface area contributed by atoms with Crippen LogP contribution in [0.2, 0.25) is 0 Å². The molecule has 3 heterocycles. The van der Waals surface area contributed by atoms with Crippen LogP contribution in [-0.4, -0.2) is 30.3 Å². The van der Waals surface area contributed by atoms with Gasteiger partial charge in [-0.3, -0.25) is 5.10 Å². The first-order valence-electron chi connectivity index (χ1n) is 8.25. The minimum Gasteiger partial charge on any atom is -0.439 e. The molecule has 2 atom stereocenters. The number of hydrogen-bond acceptors (Lipinski definition) is 7. The molecule has 1 N–H and O–H groups in total. The third-order valence-electron chi connectivity index (χ3n) is 4.29. The molecule has 0 radical (unpaired) electrons. The van der Waals surface area contributed by atoms with Gasteiger partial charge in [-0.25, -0.2) is 9.97 Å². The Morgan fingerprint density at radius 3 is 2.73 bits per heavy atom. The third-order valence-corrected chi connectivity index (χ3v) is 4.29. The molecule has 3 aromatic heterocycles. The van der Waals surface area contributed by atoms with Crippen molar-refractivity contribution in [3.63, 3.8) is 0 Å². The van der Waals surface area contributed by atoms with Crippen molar-refractivity contribution in [3.8, 4) is 23.0 Å². The van der Waals surface area contributed by atoms with Gasteiger partial charge in [-0.2, -0.15) is 10.1 Å². The number of hydrogen-bond donors (Lipinski definition) is 1. The average Bonchev–Trinajstić information content (AvgIpc) is 3.10. The fourth-order valence-corrected chi connectivity index (χ4v) is 2.85. The molecule has 0 bridgehead atoms. The molecule has 1 aromatic carbocycles. The lowest BCUT2D eigenvalue weighted by atomic mass is 10.2. The summed E-state index contributed by atoms with van der Waals surface area (Å²) >= 11 is 0. The van der Waals surface area contributed by atoms with Crippen LogP contribution in [0.15, 0.2) is 59.5 Å². The minimum atomic E-state index is 0.192. The summed E-state index contributed by atoms with van der Waals surface area (Å²) in [5.74, 6) is 3.70. The summed E-state index contributed by atoms with van der Waals surface area (Å²) in [5, 5.41) is 10.8. The quantitative estimate of drug-likeness (QED) is 0.591. The van der Waals surface area contributed by atoms with Gasteiger partial charge in [-0.1, -0.05) is 23.4 Å². The number of pyridine rings is 1. The Hall–Kier alpha value is -3.55. The topological polar surface area (TPSA) is 103 Å². The Morgan fingerprint density at radius 2 is 1.96 bits per heavy atom. The second kappa shape index (κ2) is 6.07. The molecule has 4 aromatic rings. The molecule has 8 nitrogen and oxygen atoms in total.